The third-order valence-corrected chi connectivity index (χ3v) is 3.33. The molecule has 0 aromatic heterocycles. The molecule has 1 aliphatic rings. The van der Waals surface area contributed by atoms with Crippen molar-refractivity contribution < 1.29 is 38.4 Å². The first kappa shape index (κ1) is 18.0. The average molecular weight is 340 g/mol. The van der Waals surface area contributed by atoms with E-state index in [-0.39, 0.29) is 24.7 Å². The Morgan fingerprint density at radius 1 is 1.08 bits per heavy atom. The van der Waals surface area contributed by atoms with Crippen LogP contribution in [0, 0.1) is 0 Å². The molecule has 0 unspecified atom stereocenters. The summed E-state index contributed by atoms with van der Waals surface area (Å²) in [6, 6.07) is 4.44. The first-order valence-corrected chi connectivity index (χ1v) is 7.52. The highest BCUT2D eigenvalue weighted by atomic mass is 16.8. The van der Waals surface area contributed by atoms with E-state index in [1.807, 2.05) is 0 Å². The lowest BCUT2D eigenvalue weighted by atomic mass is 10.2. The molecule has 0 saturated carbocycles. The van der Waals surface area contributed by atoms with E-state index in [1.165, 1.54) is 25.3 Å². The summed E-state index contributed by atoms with van der Waals surface area (Å²) in [5.41, 5.74) is 0.478. The number of aromatic hydroxyl groups is 1. The number of hydrogen-bond donors (Lipinski definition) is 1. The normalized spacial score (nSPS) is 20.6. The van der Waals surface area contributed by atoms with Gasteiger partial charge in [-0.1, -0.05) is 6.07 Å². The second-order valence-electron chi connectivity index (χ2n) is 4.88. The number of carbonyl (C=O) groups excluding carboxylic acids is 2. The zero-order valence-corrected chi connectivity index (χ0v) is 13.7. The Morgan fingerprint density at radius 2 is 1.62 bits per heavy atom. The highest BCUT2D eigenvalue weighted by Crippen LogP contribution is 2.36. The zero-order chi connectivity index (χ0) is 17.7. The molecular weight excluding hydrogens is 320 g/mol. The first-order valence-electron chi connectivity index (χ1n) is 7.52. The minimum Gasteiger partial charge on any atom is -0.504 e. The number of esters is 2. The number of methoxy groups -OCH3 is 1. The molecule has 0 bridgehead atoms. The second-order valence-corrected chi connectivity index (χ2v) is 4.88. The van der Waals surface area contributed by atoms with E-state index >= 15 is 0 Å². The van der Waals surface area contributed by atoms with E-state index in [4.69, 9.17) is 23.7 Å². The Hall–Kier alpha value is -2.32. The van der Waals surface area contributed by atoms with Crippen LogP contribution < -0.4 is 4.74 Å². The molecule has 1 aromatic rings. The van der Waals surface area contributed by atoms with Crippen LogP contribution in [0.25, 0.3) is 0 Å². The molecule has 1 saturated heterocycles. The maximum atomic E-state index is 12.0. The Morgan fingerprint density at radius 3 is 2.08 bits per heavy atom. The minimum absolute atomic E-state index is 0.0527. The lowest BCUT2D eigenvalue weighted by molar-refractivity contribution is -0.163. The molecule has 1 fully saturated rings. The van der Waals surface area contributed by atoms with E-state index in [9.17, 15) is 14.7 Å². The number of ether oxygens (including phenoxy) is 5. The molecule has 24 heavy (non-hydrogen) atoms. The monoisotopic (exact) mass is 340 g/mol. The van der Waals surface area contributed by atoms with E-state index < -0.39 is 30.4 Å². The van der Waals surface area contributed by atoms with Crippen LogP contribution in [-0.4, -0.2) is 49.6 Å². The number of carbonyl (C=O) groups is 2. The fourth-order valence-electron chi connectivity index (χ4n) is 2.25. The third-order valence-electron chi connectivity index (χ3n) is 3.33. The van der Waals surface area contributed by atoms with E-state index in [0.717, 1.165) is 0 Å². The van der Waals surface area contributed by atoms with Gasteiger partial charge in [-0.15, -0.1) is 0 Å². The lowest BCUT2D eigenvalue weighted by Gasteiger charge is -2.13. The van der Waals surface area contributed by atoms with Gasteiger partial charge in [0.25, 0.3) is 0 Å². The van der Waals surface area contributed by atoms with Crippen LogP contribution in [0.1, 0.15) is 25.7 Å². The predicted octanol–water partition coefficient (Wildman–Crippen LogP) is 1.31. The summed E-state index contributed by atoms with van der Waals surface area (Å²) in [7, 11) is 1.40. The van der Waals surface area contributed by atoms with Gasteiger partial charge < -0.3 is 28.8 Å². The van der Waals surface area contributed by atoms with Crippen molar-refractivity contribution in [2.24, 2.45) is 0 Å². The van der Waals surface area contributed by atoms with Gasteiger partial charge in [0.1, 0.15) is 0 Å². The van der Waals surface area contributed by atoms with Crippen molar-refractivity contribution in [3.05, 3.63) is 23.8 Å². The van der Waals surface area contributed by atoms with Gasteiger partial charge in [-0.05, 0) is 26.0 Å². The maximum absolute atomic E-state index is 12.0. The summed E-state index contributed by atoms with van der Waals surface area (Å²) in [6.07, 6.45) is -3.45. The highest BCUT2D eigenvalue weighted by molar-refractivity contribution is 5.86. The molecule has 2 atom stereocenters. The minimum atomic E-state index is -1.23. The molecule has 8 nitrogen and oxygen atoms in total. The van der Waals surface area contributed by atoms with Crippen molar-refractivity contribution in [3.8, 4) is 11.5 Å². The molecule has 1 aromatic carbocycles. The first-order chi connectivity index (χ1) is 11.5. The number of hydrogen-bond acceptors (Lipinski definition) is 8. The second kappa shape index (κ2) is 7.98. The molecule has 1 heterocycles. The molecule has 2 rings (SSSR count). The fourth-order valence-corrected chi connectivity index (χ4v) is 2.25. The zero-order valence-electron chi connectivity index (χ0n) is 13.7. The summed E-state index contributed by atoms with van der Waals surface area (Å²) in [5, 5.41) is 9.64. The number of phenols is 1. The number of phenolic OH excluding ortho intramolecular Hbond substituents is 1. The lowest BCUT2D eigenvalue weighted by Crippen LogP contribution is -2.39. The Balaban J connectivity index is 2.24. The van der Waals surface area contributed by atoms with Gasteiger partial charge in [0.2, 0.25) is 0 Å². The molecule has 8 heteroatoms. The van der Waals surface area contributed by atoms with Crippen LogP contribution in [0.4, 0.5) is 0 Å². The maximum Gasteiger partial charge on any atom is 0.338 e. The van der Waals surface area contributed by atoms with Crippen LogP contribution in [0.5, 0.6) is 11.5 Å². The smallest absolute Gasteiger partial charge is 0.338 e. The van der Waals surface area contributed by atoms with Gasteiger partial charge in [-0.3, -0.25) is 0 Å². The molecule has 0 radical (unpaired) electrons. The van der Waals surface area contributed by atoms with Gasteiger partial charge in [0.15, 0.2) is 30.0 Å². The average Bonchev–Trinajstić information content (AvgIpc) is 3.01. The van der Waals surface area contributed by atoms with E-state index in [1.54, 1.807) is 13.8 Å². The standard InChI is InChI=1S/C16H20O8/c1-4-21-14(18)12-13(15(19)22-5-2)24-16(23-12)9-6-7-10(17)11(8-9)20-3/h6-8,12-13,16-17H,4-5H2,1-3H3/t12-,13-/m1/s1. The molecule has 132 valence electrons. The van der Waals surface area contributed by atoms with Crippen molar-refractivity contribution in [1.82, 2.24) is 0 Å². The Bertz CT molecular complexity index is 574. The quantitative estimate of drug-likeness (QED) is 0.774. The van der Waals surface area contributed by atoms with Crippen molar-refractivity contribution >= 4 is 11.9 Å². The van der Waals surface area contributed by atoms with Crippen molar-refractivity contribution in [2.45, 2.75) is 32.3 Å². The van der Waals surface area contributed by atoms with Crippen LogP contribution in [-0.2, 0) is 28.5 Å². The number of benzene rings is 1. The van der Waals surface area contributed by atoms with E-state index in [2.05, 4.69) is 0 Å². The summed E-state index contributed by atoms with van der Waals surface area (Å²) in [5.74, 6) is -1.25. The van der Waals surface area contributed by atoms with Gasteiger partial charge >= 0.3 is 11.9 Å². The van der Waals surface area contributed by atoms with Crippen molar-refractivity contribution in [3.63, 3.8) is 0 Å². The highest BCUT2D eigenvalue weighted by Gasteiger charge is 2.47. The molecular formula is C16H20O8. The van der Waals surface area contributed by atoms with E-state index in [0.29, 0.717) is 5.56 Å². The van der Waals surface area contributed by atoms with Crippen LogP contribution in [0.3, 0.4) is 0 Å². The summed E-state index contributed by atoms with van der Waals surface area (Å²) in [6.45, 7) is 3.59. The van der Waals surface area contributed by atoms with Gasteiger partial charge in [0, 0.05) is 5.56 Å². The van der Waals surface area contributed by atoms with Gasteiger partial charge in [-0.2, -0.15) is 0 Å². The van der Waals surface area contributed by atoms with Crippen molar-refractivity contribution in [1.29, 1.82) is 0 Å². The molecule has 1 aliphatic heterocycles. The number of rotatable bonds is 6. The molecule has 0 aliphatic carbocycles. The summed E-state index contributed by atoms with van der Waals surface area (Å²) >= 11 is 0. The topological polar surface area (TPSA) is 101 Å². The van der Waals surface area contributed by atoms with Gasteiger partial charge in [0.05, 0.1) is 20.3 Å². The Labute approximate surface area is 139 Å². The van der Waals surface area contributed by atoms with Crippen molar-refractivity contribution in [2.75, 3.05) is 20.3 Å². The Kier molecular flexibility index (Phi) is 5.99. The fraction of sp³-hybridized carbons (Fsp3) is 0.500. The summed E-state index contributed by atoms with van der Waals surface area (Å²) < 4.78 is 26.0. The third kappa shape index (κ3) is 3.77. The molecule has 1 N–H and O–H groups in total. The largest absolute Gasteiger partial charge is 0.504 e. The SMILES string of the molecule is CCOC(=O)[C@@H]1OC(c2ccc(O)c(OC)c2)O[C@H]1C(=O)OCC. The molecule has 0 spiro atoms. The van der Waals surface area contributed by atoms with Crippen LogP contribution in [0.2, 0.25) is 0 Å². The predicted molar refractivity (Wildman–Crippen MR) is 80.4 cm³/mol. The molecule has 0 amide bonds. The van der Waals surface area contributed by atoms with Crippen LogP contribution in [0.15, 0.2) is 18.2 Å². The van der Waals surface area contributed by atoms with Gasteiger partial charge in [-0.25, -0.2) is 9.59 Å². The summed E-state index contributed by atoms with van der Waals surface area (Å²) in [4.78, 5) is 24.0. The van der Waals surface area contributed by atoms with Crippen LogP contribution >= 0.6 is 0 Å².